The maximum Gasteiger partial charge on any atom is 0.142 e. The van der Waals surface area contributed by atoms with Crippen LogP contribution in [-0.4, -0.2) is 28.4 Å². The minimum Gasteiger partial charge on any atom is -0.495 e. The maximum absolute atomic E-state index is 5.90. The molecule has 0 saturated heterocycles. The van der Waals surface area contributed by atoms with E-state index >= 15 is 0 Å². The van der Waals surface area contributed by atoms with Crippen LogP contribution in [0, 0.1) is 0 Å². The van der Waals surface area contributed by atoms with Crippen molar-refractivity contribution in [3.05, 3.63) is 48.5 Å². The van der Waals surface area contributed by atoms with Gasteiger partial charge in [-0.3, -0.25) is 0 Å². The lowest BCUT2D eigenvalue weighted by Crippen LogP contribution is -2.02. The van der Waals surface area contributed by atoms with Crippen LogP contribution >= 0.6 is 23.5 Å². The van der Waals surface area contributed by atoms with E-state index in [1.54, 1.807) is 52.0 Å². The summed E-state index contributed by atoms with van der Waals surface area (Å²) in [5.41, 5.74) is 0. The number of hydrogen-bond donors (Lipinski definition) is 0. The summed E-state index contributed by atoms with van der Waals surface area (Å²) in [7, 11) is 6.86. The molecule has 5 rings (SSSR count). The molecule has 6 heteroatoms. The maximum atomic E-state index is 5.90. The average molecular weight is 437 g/mol. The van der Waals surface area contributed by atoms with Crippen LogP contribution in [0.4, 0.5) is 0 Å². The van der Waals surface area contributed by atoms with Crippen LogP contribution in [0.15, 0.2) is 68.1 Å². The lowest BCUT2D eigenvalue weighted by molar-refractivity contribution is 0.386. The molecule has 0 aliphatic carbocycles. The van der Waals surface area contributed by atoms with Crippen molar-refractivity contribution in [2.45, 2.75) is 19.6 Å². The zero-order valence-corrected chi connectivity index (χ0v) is 18.7. The van der Waals surface area contributed by atoms with Gasteiger partial charge in [-0.25, -0.2) is 0 Å². The molecule has 0 N–H and O–H groups in total. The second-order valence-corrected chi connectivity index (χ2v) is 8.79. The van der Waals surface area contributed by atoms with E-state index in [9.17, 15) is 0 Å². The van der Waals surface area contributed by atoms with Crippen LogP contribution in [0.5, 0.6) is 23.0 Å². The number of benzene rings is 4. The van der Waals surface area contributed by atoms with Gasteiger partial charge in [-0.05, 0) is 0 Å². The first kappa shape index (κ1) is 19.3. The van der Waals surface area contributed by atoms with E-state index < -0.39 is 0 Å². The molecule has 1 aliphatic rings. The van der Waals surface area contributed by atoms with Gasteiger partial charge in [0.05, 0.1) is 48.0 Å². The Kier molecular flexibility index (Phi) is 4.83. The minimum atomic E-state index is 0.846. The molecule has 0 spiro atoms. The molecule has 4 aromatic rings. The molecule has 0 atom stereocenters. The van der Waals surface area contributed by atoms with Crippen molar-refractivity contribution in [1.82, 2.24) is 0 Å². The Morgan fingerprint density at radius 1 is 0.433 bits per heavy atom. The molecule has 0 unspecified atom stereocenters. The standard InChI is InChI=1S/C24H20O4S2/c1-25-17-13-9-5-6-10-14(13)18(26-2)22-21(17)29-23-19(27-3)15-11-7-8-12-16(15)20(28-4)24(23)30-22/h5-12H,1-4H3. The summed E-state index contributed by atoms with van der Waals surface area (Å²) in [5, 5.41) is 4.11. The molecule has 0 amide bonds. The van der Waals surface area contributed by atoms with E-state index in [1.807, 2.05) is 24.3 Å². The molecule has 0 radical (unpaired) electrons. The van der Waals surface area contributed by atoms with E-state index in [4.69, 9.17) is 18.9 Å². The summed E-state index contributed by atoms with van der Waals surface area (Å²) >= 11 is 3.29. The van der Waals surface area contributed by atoms with Gasteiger partial charge in [-0.1, -0.05) is 72.1 Å². The van der Waals surface area contributed by atoms with Gasteiger partial charge in [0.2, 0.25) is 0 Å². The van der Waals surface area contributed by atoms with Gasteiger partial charge >= 0.3 is 0 Å². The van der Waals surface area contributed by atoms with Crippen molar-refractivity contribution >= 4 is 45.1 Å². The lowest BCUT2D eigenvalue weighted by atomic mass is 10.1. The summed E-state index contributed by atoms with van der Waals surface area (Å²) in [6, 6.07) is 16.3. The van der Waals surface area contributed by atoms with Crippen LogP contribution in [0.2, 0.25) is 0 Å². The second kappa shape index (κ2) is 7.52. The number of ether oxygens (including phenoxy) is 4. The summed E-state index contributed by atoms with van der Waals surface area (Å²) in [6.07, 6.45) is 0. The molecule has 1 heterocycles. The second-order valence-electron chi connectivity index (χ2n) is 6.74. The zero-order chi connectivity index (χ0) is 20.8. The fraction of sp³-hybridized carbons (Fsp3) is 0.167. The first-order chi connectivity index (χ1) is 14.7. The quantitative estimate of drug-likeness (QED) is 0.314. The molecule has 4 aromatic carbocycles. The largest absolute Gasteiger partial charge is 0.495 e. The zero-order valence-electron chi connectivity index (χ0n) is 17.1. The molecule has 0 bridgehead atoms. The van der Waals surface area contributed by atoms with Gasteiger partial charge in [-0.2, -0.15) is 0 Å². The third-order valence-corrected chi connectivity index (χ3v) is 7.93. The molecule has 4 nitrogen and oxygen atoms in total. The topological polar surface area (TPSA) is 36.9 Å². The SMILES string of the molecule is COc1c2c(c(OC)c3ccccc13)Sc1c(c(OC)c3ccccc3c1OC)S2. The molecule has 152 valence electrons. The van der Waals surface area contributed by atoms with Crippen LogP contribution in [-0.2, 0) is 0 Å². The van der Waals surface area contributed by atoms with Gasteiger partial charge in [0, 0.05) is 21.5 Å². The third kappa shape index (κ3) is 2.63. The van der Waals surface area contributed by atoms with Gasteiger partial charge in [0.1, 0.15) is 23.0 Å². The van der Waals surface area contributed by atoms with Crippen LogP contribution in [0.1, 0.15) is 0 Å². The van der Waals surface area contributed by atoms with Crippen molar-refractivity contribution in [1.29, 1.82) is 0 Å². The van der Waals surface area contributed by atoms with E-state index in [0.29, 0.717) is 0 Å². The van der Waals surface area contributed by atoms with E-state index in [2.05, 4.69) is 24.3 Å². The Labute approximate surface area is 183 Å². The third-order valence-electron chi connectivity index (χ3n) is 5.29. The number of fused-ring (bicyclic) bond motifs is 4. The number of rotatable bonds is 4. The fourth-order valence-electron chi connectivity index (χ4n) is 4.05. The first-order valence-electron chi connectivity index (χ1n) is 9.42. The van der Waals surface area contributed by atoms with Crippen molar-refractivity contribution in [3.8, 4) is 23.0 Å². The highest BCUT2D eigenvalue weighted by Crippen LogP contribution is 2.63. The Morgan fingerprint density at radius 2 is 0.667 bits per heavy atom. The van der Waals surface area contributed by atoms with Crippen LogP contribution in [0.25, 0.3) is 21.5 Å². The molecular formula is C24H20O4S2. The monoisotopic (exact) mass is 436 g/mol. The van der Waals surface area contributed by atoms with Crippen molar-refractivity contribution in [3.63, 3.8) is 0 Å². The predicted octanol–water partition coefficient (Wildman–Crippen LogP) is 6.64. The highest BCUT2D eigenvalue weighted by atomic mass is 32.2. The normalized spacial score (nSPS) is 12.4. The van der Waals surface area contributed by atoms with Crippen molar-refractivity contribution in [2.24, 2.45) is 0 Å². The summed E-state index contributed by atoms with van der Waals surface area (Å²) in [6.45, 7) is 0. The van der Waals surface area contributed by atoms with Crippen LogP contribution in [0.3, 0.4) is 0 Å². The average Bonchev–Trinajstić information content (AvgIpc) is 2.79. The van der Waals surface area contributed by atoms with Gasteiger partial charge < -0.3 is 18.9 Å². The van der Waals surface area contributed by atoms with Gasteiger partial charge in [0.15, 0.2) is 0 Å². The van der Waals surface area contributed by atoms with E-state index in [-0.39, 0.29) is 0 Å². The summed E-state index contributed by atoms with van der Waals surface area (Å²) in [5.74, 6) is 3.38. The molecule has 30 heavy (non-hydrogen) atoms. The Bertz CT molecular complexity index is 1100. The van der Waals surface area contributed by atoms with Crippen LogP contribution < -0.4 is 18.9 Å². The highest BCUT2D eigenvalue weighted by Gasteiger charge is 2.33. The first-order valence-corrected chi connectivity index (χ1v) is 11.1. The van der Waals surface area contributed by atoms with E-state index in [1.165, 1.54) is 0 Å². The fourth-order valence-corrected chi connectivity index (χ4v) is 6.84. The van der Waals surface area contributed by atoms with Crippen molar-refractivity contribution < 1.29 is 18.9 Å². The highest BCUT2D eigenvalue weighted by molar-refractivity contribution is 8.05. The van der Waals surface area contributed by atoms with Gasteiger partial charge in [0.25, 0.3) is 0 Å². The molecule has 0 saturated carbocycles. The smallest absolute Gasteiger partial charge is 0.142 e. The Hall–Kier alpha value is -2.70. The molecule has 0 fully saturated rings. The molecular weight excluding hydrogens is 416 g/mol. The number of methoxy groups -OCH3 is 4. The predicted molar refractivity (Wildman–Crippen MR) is 122 cm³/mol. The summed E-state index contributed by atoms with van der Waals surface area (Å²) < 4.78 is 23.6. The molecule has 1 aliphatic heterocycles. The van der Waals surface area contributed by atoms with E-state index in [0.717, 1.165) is 64.1 Å². The summed E-state index contributed by atoms with van der Waals surface area (Å²) in [4.78, 5) is 4.12. The van der Waals surface area contributed by atoms with Crippen molar-refractivity contribution in [2.75, 3.05) is 28.4 Å². The molecule has 0 aromatic heterocycles. The van der Waals surface area contributed by atoms with Gasteiger partial charge in [-0.15, -0.1) is 0 Å². The minimum absolute atomic E-state index is 0.846. The lowest BCUT2D eigenvalue weighted by Gasteiger charge is -2.27. The Balaban J connectivity index is 1.88. The Morgan fingerprint density at radius 3 is 0.867 bits per heavy atom. The number of hydrogen-bond acceptors (Lipinski definition) is 6.